The lowest BCUT2D eigenvalue weighted by Gasteiger charge is -2.56. The van der Waals surface area contributed by atoms with Gasteiger partial charge in [0.15, 0.2) is 0 Å². The second-order valence-corrected chi connectivity index (χ2v) is 13.9. The van der Waals surface area contributed by atoms with Crippen LogP contribution in [0.2, 0.25) is 0 Å². The largest absolute Gasteiger partial charge is 0.508 e. The van der Waals surface area contributed by atoms with E-state index in [4.69, 9.17) is 24.2 Å². The predicted octanol–water partition coefficient (Wildman–Crippen LogP) is 5.39. The van der Waals surface area contributed by atoms with E-state index in [0.29, 0.717) is 36.8 Å². The van der Waals surface area contributed by atoms with Gasteiger partial charge in [0, 0.05) is 37.5 Å². The number of allylic oxidation sites excluding steroid dienone is 1. The normalized spacial score (nSPS) is 29.4. The number of nitrogens with zero attached hydrogens (tertiary/aromatic N) is 4. The number of oxime groups is 1. The number of aromatic hydroxyl groups is 1. The molecule has 1 saturated carbocycles. The summed E-state index contributed by atoms with van der Waals surface area (Å²) in [5.74, 6) is -1.58. The summed E-state index contributed by atoms with van der Waals surface area (Å²) >= 11 is 0. The molecule has 7 atom stereocenters. The molecule has 7 rings (SSSR count). The fourth-order valence-corrected chi connectivity index (χ4v) is 8.44. The van der Waals surface area contributed by atoms with Crippen molar-refractivity contribution >= 4 is 5.71 Å². The minimum atomic E-state index is -1.80. The molecular formula is C38H48N4O8. The monoisotopic (exact) mass is 688 g/mol. The third-order valence-corrected chi connectivity index (χ3v) is 10.7. The Balaban J connectivity index is 1.35. The summed E-state index contributed by atoms with van der Waals surface area (Å²) < 4.78 is 20.5. The lowest BCUT2D eigenvalue weighted by molar-refractivity contribution is -0.226. The summed E-state index contributed by atoms with van der Waals surface area (Å²) in [4.78, 5) is 6.04. The number of hydrogen-bond donors (Lipinski definition) is 4. The highest BCUT2D eigenvalue weighted by molar-refractivity contribution is 6.02. The summed E-state index contributed by atoms with van der Waals surface area (Å²) in [6, 6.07) is 14.1. The molecule has 0 spiro atoms. The first-order valence-corrected chi connectivity index (χ1v) is 18.1. The van der Waals surface area contributed by atoms with E-state index in [0.717, 1.165) is 61.6 Å². The van der Waals surface area contributed by atoms with Crippen molar-refractivity contribution in [3.05, 3.63) is 77.5 Å². The van der Waals surface area contributed by atoms with Crippen LogP contribution in [0.15, 0.2) is 71.5 Å². The van der Waals surface area contributed by atoms with Crippen LogP contribution in [0.5, 0.6) is 17.4 Å². The Bertz CT molecular complexity index is 1640. The molecule has 12 heteroatoms. The highest BCUT2D eigenvalue weighted by atomic mass is 16.7. The second-order valence-electron chi connectivity index (χ2n) is 13.9. The fraction of sp³-hybridized carbons (Fsp3) is 0.553. The number of unbranched alkanes of at least 4 members (excludes halogenated alkanes) is 2. The van der Waals surface area contributed by atoms with Crippen molar-refractivity contribution < 1.29 is 39.5 Å². The Labute approximate surface area is 292 Å². The van der Waals surface area contributed by atoms with Crippen LogP contribution in [0, 0.1) is 17.8 Å². The van der Waals surface area contributed by atoms with E-state index < -0.39 is 24.0 Å². The van der Waals surface area contributed by atoms with E-state index in [1.54, 1.807) is 22.9 Å². The Kier molecular flexibility index (Phi) is 10.7. The molecule has 1 unspecified atom stereocenters. The van der Waals surface area contributed by atoms with Gasteiger partial charge in [0.05, 0.1) is 18.2 Å². The highest BCUT2D eigenvalue weighted by Gasteiger charge is 2.63. The molecule has 3 heterocycles. The van der Waals surface area contributed by atoms with Gasteiger partial charge < -0.3 is 39.5 Å². The van der Waals surface area contributed by atoms with Crippen molar-refractivity contribution in [1.29, 1.82) is 0 Å². The molecule has 268 valence electrons. The zero-order valence-corrected chi connectivity index (χ0v) is 28.3. The number of aliphatic hydroxyl groups is 3. The molecule has 0 radical (unpaired) electrons. The SMILES string of the molecule is OCCCC[C@H]1[C@@H]2c3cc(O)ccc3O[C@@]3(O)[C@@H]2C(=C[C@@H]1CCCCO)C(=NOCc1ccccc1)C[C@@H]3n1nncc1OC1CCCCO1. The van der Waals surface area contributed by atoms with Crippen molar-refractivity contribution in [3.63, 3.8) is 0 Å². The van der Waals surface area contributed by atoms with Crippen LogP contribution in [0.25, 0.3) is 0 Å². The van der Waals surface area contributed by atoms with E-state index >= 15 is 0 Å². The van der Waals surface area contributed by atoms with Crippen molar-refractivity contribution in [2.24, 2.45) is 22.9 Å². The fourth-order valence-electron chi connectivity index (χ4n) is 8.44. The second kappa shape index (κ2) is 15.5. The van der Waals surface area contributed by atoms with Gasteiger partial charge in [0.1, 0.15) is 30.3 Å². The van der Waals surface area contributed by atoms with Crippen molar-refractivity contribution in [1.82, 2.24) is 15.0 Å². The Morgan fingerprint density at radius 3 is 2.60 bits per heavy atom. The van der Waals surface area contributed by atoms with Crippen LogP contribution in [0.4, 0.5) is 0 Å². The molecule has 3 aromatic rings. The maximum atomic E-state index is 13.1. The van der Waals surface area contributed by atoms with Crippen molar-refractivity contribution in [3.8, 4) is 17.4 Å². The molecule has 12 nitrogen and oxygen atoms in total. The molecule has 2 aliphatic carbocycles. The predicted molar refractivity (Wildman–Crippen MR) is 183 cm³/mol. The van der Waals surface area contributed by atoms with Gasteiger partial charge in [-0.25, -0.2) is 4.68 Å². The van der Waals surface area contributed by atoms with Gasteiger partial charge in [0.25, 0.3) is 0 Å². The van der Waals surface area contributed by atoms with Gasteiger partial charge in [-0.3, -0.25) is 0 Å². The summed E-state index contributed by atoms with van der Waals surface area (Å²) in [5.41, 5.74) is 3.32. The molecule has 1 aromatic heterocycles. The number of benzene rings is 2. The van der Waals surface area contributed by atoms with Gasteiger partial charge >= 0.3 is 0 Å². The van der Waals surface area contributed by atoms with E-state index in [9.17, 15) is 20.4 Å². The lowest BCUT2D eigenvalue weighted by atomic mass is 9.55. The summed E-state index contributed by atoms with van der Waals surface area (Å²) in [6.07, 6.45) is 10.8. The molecule has 0 amide bonds. The van der Waals surface area contributed by atoms with E-state index in [1.165, 1.54) is 6.20 Å². The van der Waals surface area contributed by atoms with Crippen molar-refractivity contribution in [2.75, 3.05) is 19.8 Å². The van der Waals surface area contributed by atoms with Crippen LogP contribution in [-0.4, -0.2) is 73.0 Å². The van der Waals surface area contributed by atoms with E-state index in [-0.39, 0.29) is 49.7 Å². The third-order valence-electron chi connectivity index (χ3n) is 10.7. The van der Waals surface area contributed by atoms with Crippen LogP contribution in [0.3, 0.4) is 0 Å². The Morgan fingerprint density at radius 2 is 1.82 bits per heavy atom. The van der Waals surface area contributed by atoms with Crippen LogP contribution in [0.1, 0.15) is 87.3 Å². The number of rotatable bonds is 14. The number of phenols is 1. The molecule has 50 heavy (non-hydrogen) atoms. The first-order chi connectivity index (χ1) is 24.5. The molecule has 4 aliphatic rings. The molecule has 2 aliphatic heterocycles. The smallest absolute Gasteiger partial charge is 0.238 e. The molecule has 4 N–H and O–H groups in total. The zero-order chi connectivity index (χ0) is 34.5. The molecule has 1 saturated heterocycles. The minimum Gasteiger partial charge on any atom is -0.508 e. The zero-order valence-electron chi connectivity index (χ0n) is 28.3. The Hall–Kier alpha value is -3.97. The molecular weight excluding hydrogens is 640 g/mol. The number of aromatic nitrogens is 3. The van der Waals surface area contributed by atoms with Gasteiger partial charge in [-0.15, -0.1) is 5.10 Å². The number of fused-ring (bicyclic) bond motifs is 2. The van der Waals surface area contributed by atoms with E-state index in [1.807, 2.05) is 30.3 Å². The first-order valence-electron chi connectivity index (χ1n) is 18.1. The highest BCUT2D eigenvalue weighted by Crippen LogP contribution is 2.62. The van der Waals surface area contributed by atoms with Gasteiger partial charge in [-0.05, 0) is 79.7 Å². The average Bonchev–Trinajstić information content (AvgIpc) is 3.58. The summed E-state index contributed by atoms with van der Waals surface area (Å²) in [6.45, 7) is 1.09. The van der Waals surface area contributed by atoms with Crippen LogP contribution < -0.4 is 9.47 Å². The van der Waals surface area contributed by atoms with Crippen LogP contribution in [-0.2, 0) is 16.2 Å². The summed E-state index contributed by atoms with van der Waals surface area (Å²) in [7, 11) is 0. The molecule has 2 fully saturated rings. The van der Waals surface area contributed by atoms with E-state index in [2.05, 4.69) is 16.4 Å². The quantitative estimate of drug-likeness (QED) is 0.128. The van der Waals surface area contributed by atoms with Crippen molar-refractivity contribution in [2.45, 2.75) is 94.9 Å². The number of ether oxygens (including phenoxy) is 3. The standard InChI is InChI=1S/C38H48N4O8/c43-17-7-4-12-26-20-29-31(40-48-24-25-10-2-1-3-11-25)22-33(42-34(23-39-41-42)49-35-14-6-9-19-47-35)38(46)37(29)36(28(26)13-5-8-18-44)30-21-27(45)15-16-32(30)50-38/h1-3,10-11,15-16,20-21,23,26,28,33,35-37,43-46H,4-9,12-14,17-19,22,24H2/t26-,28+,33-,35?,36+,37+,38+/m0/s1. The van der Waals surface area contributed by atoms with Gasteiger partial charge in [-0.1, -0.05) is 59.6 Å². The molecule has 2 aromatic carbocycles. The average molecular weight is 689 g/mol. The third kappa shape index (κ3) is 6.99. The van der Waals surface area contributed by atoms with Gasteiger partial charge in [0.2, 0.25) is 18.0 Å². The summed E-state index contributed by atoms with van der Waals surface area (Å²) in [5, 5.41) is 56.7. The maximum Gasteiger partial charge on any atom is 0.238 e. The first kappa shape index (κ1) is 34.5. The van der Waals surface area contributed by atoms with Crippen LogP contribution >= 0.6 is 0 Å². The number of hydrogen-bond acceptors (Lipinski definition) is 11. The van der Waals surface area contributed by atoms with Gasteiger partial charge in [-0.2, -0.15) is 0 Å². The number of phenolic OH excluding ortho intramolecular Hbond substituents is 1. The number of aliphatic hydroxyl groups excluding tert-OH is 2. The molecule has 0 bridgehead atoms. The topological polar surface area (TPSA) is 161 Å². The Morgan fingerprint density at radius 1 is 1.00 bits per heavy atom. The minimum absolute atomic E-state index is 0.0392. The lowest BCUT2D eigenvalue weighted by Crippen LogP contribution is -2.62. The maximum absolute atomic E-state index is 13.1.